The van der Waals surface area contributed by atoms with Crippen molar-refractivity contribution in [2.45, 2.75) is 56.4 Å². The maximum Gasteiger partial charge on any atom is 0.325 e. The first-order valence-electron chi connectivity index (χ1n) is 8.84. The summed E-state index contributed by atoms with van der Waals surface area (Å²) in [5.41, 5.74) is 4.35. The van der Waals surface area contributed by atoms with Crippen molar-refractivity contribution in [3.8, 4) is 17.6 Å². The average Bonchev–Trinajstić information content (AvgIpc) is 2.57. The van der Waals surface area contributed by atoms with E-state index in [4.69, 9.17) is 15.2 Å². The van der Waals surface area contributed by atoms with E-state index in [1.54, 1.807) is 27.7 Å². The Balaban J connectivity index is 2.25. The number of carboxylic acids is 1. The van der Waals surface area contributed by atoms with Gasteiger partial charge in [0.05, 0.1) is 22.6 Å². The summed E-state index contributed by atoms with van der Waals surface area (Å²) in [6, 6.07) is 4.19. The molecule has 0 bridgehead atoms. The summed E-state index contributed by atoms with van der Waals surface area (Å²) in [6.45, 7) is 6.69. The van der Waals surface area contributed by atoms with Crippen LogP contribution in [0.4, 0.5) is 0 Å². The second kappa shape index (κ2) is 8.49. The van der Waals surface area contributed by atoms with E-state index in [2.05, 4.69) is 11.8 Å². The van der Waals surface area contributed by atoms with Gasteiger partial charge in [-0.25, -0.2) is 8.42 Å². The molecule has 1 aliphatic heterocycles. The second-order valence-corrected chi connectivity index (χ2v) is 9.11. The molecule has 154 valence electrons. The third-order valence-electron chi connectivity index (χ3n) is 4.19. The Morgan fingerprint density at radius 1 is 1.43 bits per heavy atom. The Kier molecular flexibility index (Phi) is 6.72. The van der Waals surface area contributed by atoms with Gasteiger partial charge in [0.15, 0.2) is 6.04 Å². The number of hydrogen-bond acceptors (Lipinski definition) is 6. The third-order valence-corrected chi connectivity index (χ3v) is 6.04. The predicted molar refractivity (Wildman–Crippen MR) is 103 cm³/mol. The minimum atomic E-state index is -4.04. The first kappa shape index (κ1) is 22.2. The summed E-state index contributed by atoms with van der Waals surface area (Å²) in [6.07, 6.45) is -0.438. The zero-order chi connectivity index (χ0) is 21.1. The van der Waals surface area contributed by atoms with Crippen LogP contribution in [-0.2, 0) is 19.6 Å². The molecule has 3 atom stereocenters. The van der Waals surface area contributed by atoms with Crippen LogP contribution in [0.2, 0.25) is 0 Å². The lowest BCUT2D eigenvalue weighted by molar-refractivity contribution is -0.174. The lowest BCUT2D eigenvalue weighted by atomic mass is 9.96. The van der Waals surface area contributed by atoms with Crippen molar-refractivity contribution in [3.63, 3.8) is 0 Å². The van der Waals surface area contributed by atoms with Crippen LogP contribution >= 0.6 is 0 Å². The molecule has 2 rings (SSSR count). The Hall–Kier alpha value is -2.12. The van der Waals surface area contributed by atoms with E-state index in [1.165, 1.54) is 24.3 Å². The molecule has 3 unspecified atom stereocenters. The predicted octanol–water partition coefficient (Wildman–Crippen LogP) is 1.06. The summed E-state index contributed by atoms with van der Waals surface area (Å²) in [7, 11) is -4.04. The standard InChI is InChI=1S/C19H26N2O6S/c1-13(20)6-5-11-26-15-7-9-16(10-8-15)28(24,25)21-12-14(2)27-19(3,4)17(21)18(22)23/h7-10,13-14,17H,11-12,20H2,1-4H3,(H,22,23). The van der Waals surface area contributed by atoms with Crippen molar-refractivity contribution in [1.82, 2.24) is 4.31 Å². The van der Waals surface area contributed by atoms with Gasteiger partial charge in [0.1, 0.15) is 12.4 Å². The number of ether oxygens (including phenoxy) is 2. The van der Waals surface area contributed by atoms with Gasteiger partial charge in [0.2, 0.25) is 10.0 Å². The second-order valence-electron chi connectivity index (χ2n) is 7.22. The Morgan fingerprint density at radius 2 is 2.04 bits per heavy atom. The highest BCUT2D eigenvalue weighted by molar-refractivity contribution is 7.89. The number of morpholine rings is 1. The van der Waals surface area contributed by atoms with Gasteiger partial charge in [-0.1, -0.05) is 11.8 Å². The molecule has 0 saturated carbocycles. The lowest BCUT2D eigenvalue weighted by Crippen LogP contribution is -2.63. The van der Waals surface area contributed by atoms with Gasteiger partial charge in [-0.05, 0) is 52.0 Å². The molecule has 0 amide bonds. The Labute approximate surface area is 165 Å². The van der Waals surface area contributed by atoms with Crippen molar-refractivity contribution in [2.75, 3.05) is 13.2 Å². The SMILES string of the molecule is CC(N)C#CCOc1ccc(S(=O)(=O)N2CC(C)OC(C)(C)C2C(=O)O)cc1. The van der Waals surface area contributed by atoms with Crippen LogP contribution in [0.1, 0.15) is 27.7 Å². The molecule has 1 aliphatic rings. The van der Waals surface area contributed by atoms with Crippen LogP contribution in [0, 0.1) is 11.8 Å². The Bertz CT molecular complexity index is 868. The van der Waals surface area contributed by atoms with E-state index in [9.17, 15) is 18.3 Å². The van der Waals surface area contributed by atoms with E-state index in [0.29, 0.717) is 5.75 Å². The van der Waals surface area contributed by atoms with Crippen LogP contribution in [0.25, 0.3) is 0 Å². The Morgan fingerprint density at radius 3 is 2.57 bits per heavy atom. The van der Waals surface area contributed by atoms with Crippen molar-refractivity contribution in [3.05, 3.63) is 24.3 Å². The van der Waals surface area contributed by atoms with Gasteiger partial charge >= 0.3 is 5.97 Å². The molecule has 1 heterocycles. The van der Waals surface area contributed by atoms with Gasteiger partial charge in [-0.3, -0.25) is 4.79 Å². The van der Waals surface area contributed by atoms with Gasteiger partial charge in [0, 0.05) is 6.54 Å². The monoisotopic (exact) mass is 410 g/mol. The van der Waals surface area contributed by atoms with Crippen LogP contribution in [0.3, 0.4) is 0 Å². The number of carboxylic acid groups (broad SMARTS) is 1. The molecule has 1 saturated heterocycles. The summed E-state index contributed by atoms with van der Waals surface area (Å²) in [5.74, 6) is 4.70. The van der Waals surface area contributed by atoms with E-state index < -0.39 is 33.7 Å². The number of sulfonamides is 1. The van der Waals surface area contributed by atoms with Gasteiger partial charge in [0.25, 0.3) is 0 Å². The molecular weight excluding hydrogens is 384 g/mol. The van der Waals surface area contributed by atoms with Crippen molar-refractivity contribution < 1.29 is 27.8 Å². The number of hydrogen-bond donors (Lipinski definition) is 2. The summed E-state index contributed by atoms with van der Waals surface area (Å²) in [5, 5.41) is 9.62. The van der Waals surface area contributed by atoms with E-state index in [0.717, 1.165) is 4.31 Å². The molecule has 28 heavy (non-hydrogen) atoms. The molecule has 3 N–H and O–H groups in total. The smallest absolute Gasteiger partial charge is 0.325 e. The molecule has 9 heteroatoms. The van der Waals surface area contributed by atoms with E-state index >= 15 is 0 Å². The number of aliphatic carboxylic acids is 1. The molecule has 0 aliphatic carbocycles. The van der Waals surface area contributed by atoms with E-state index in [1.807, 2.05) is 0 Å². The first-order chi connectivity index (χ1) is 12.9. The fourth-order valence-corrected chi connectivity index (χ4v) is 4.93. The molecule has 1 aromatic rings. The fraction of sp³-hybridized carbons (Fsp3) is 0.526. The minimum absolute atomic E-state index is 0.0161. The molecule has 0 spiro atoms. The normalized spacial score (nSPS) is 23.3. The maximum absolute atomic E-state index is 13.1. The largest absolute Gasteiger partial charge is 0.481 e. The van der Waals surface area contributed by atoms with E-state index in [-0.39, 0.29) is 24.1 Å². The number of nitrogens with two attached hydrogens (primary N) is 1. The summed E-state index contributed by atoms with van der Waals surface area (Å²) >= 11 is 0. The third kappa shape index (κ3) is 5.02. The fourth-order valence-electron chi connectivity index (χ4n) is 3.15. The highest BCUT2D eigenvalue weighted by Crippen LogP contribution is 2.33. The van der Waals surface area contributed by atoms with Crippen LogP contribution < -0.4 is 10.5 Å². The van der Waals surface area contributed by atoms with Crippen molar-refractivity contribution in [2.24, 2.45) is 5.73 Å². The molecule has 1 aromatic carbocycles. The lowest BCUT2D eigenvalue weighted by Gasteiger charge is -2.45. The maximum atomic E-state index is 13.1. The number of nitrogens with zero attached hydrogens (tertiary/aromatic N) is 1. The van der Waals surface area contributed by atoms with Gasteiger partial charge < -0.3 is 20.3 Å². The van der Waals surface area contributed by atoms with Crippen molar-refractivity contribution in [1.29, 1.82) is 0 Å². The molecule has 0 radical (unpaired) electrons. The average molecular weight is 410 g/mol. The molecule has 1 fully saturated rings. The van der Waals surface area contributed by atoms with Crippen LogP contribution in [-0.4, -0.2) is 60.7 Å². The highest BCUT2D eigenvalue weighted by atomic mass is 32.2. The zero-order valence-electron chi connectivity index (χ0n) is 16.4. The van der Waals surface area contributed by atoms with Crippen molar-refractivity contribution >= 4 is 16.0 Å². The van der Waals surface area contributed by atoms with Crippen LogP contribution in [0.5, 0.6) is 5.75 Å². The summed E-state index contributed by atoms with van der Waals surface area (Å²) in [4.78, 5) is 11.8. The number of benzene rings is 1. The minimum Gasteiger partial charge on any atom is -0.481 e. The quantitative estimate of drug-likeness (QED) is 0.697. The van der Waals surface area contributed by atoms with Crippen LogP contribution in [0.15, 0.2) is 29.2 Å². The molecule has 0 aromatic heterocycles. The zero-order valence-corrected chi connectivity index (χ0v) is 17.2. The molecular formula is C19H26N2O6S. The first-order valence-corrected chi connectivity index (χ1v) is 10.3. The van der Waals surface area contributed by atoms with Gasteiger partial charge in [-0.2, -0.15) is 4.31 Å². The topological polar surface area (TPSA) is 119 Å². The number of carbonyl (C=O) groups is 1. The summed E-state index contributed by atoms with van der Waals surface area (Å²) < 4.78 is 38.3. The molecule has 8 nitrogen and oxygen atoms in total. The number of rotatable bonds is 5. The van der Waals surface area contributed by atoms with Gasteiger partial charge in [-0.15, -0.1) is 0 Å². The highest BCUT2D eigenvalue weighted by Gasteiger charge is 2.50.